The molecule has 2 aliphatic heterocycles. The number of anilines is 2. The lowest BCUT2D eigenvalue weighted by molar-refractivity contribution is -0.00480. The molecule has 682 valence electrons. The molecule has 3 aromatic carbocycles. The largest absolute Gasteiger partial charge is 0.447 e. The summed E-state index contributed by atoms with van der Waals surface area (Å²) in [6, 6.07) is 16.5. The van der Waals surface area contributed by atoms with Crippen LogP contribution in [-0.4, -0.2) is 191 Å². The molecule has 6 aliphatic rings. The van der Waals surface area contributed by atoms with E-state index in [-0.39, 0.29) is 105 Å². The number of nitrogens with zero attached hydrogens (tertiary/aromatic N) is 5. The molecule has 0 bridgehead atoms. The molecule has 4 saturated carbocycles. The van der Waals surface area contributed by atoms with Crippen molar-refractivity contribution in [3.63, 3.8) is 0 Å². The summed E-state index contributed by atoms with van der Waals surface area (Å²) in [5.74, 6) is 0.859. The fourth-order valence-electron chi connectivity index (χ4n) is 15.4. The van der Waals surface area contributed by atoms with Gasteiger partial charge in [0, 0.05) is 144 Å². The molecule has 12 rings (SSSR count). The number of ether oxygens (including phenoxy) is 5. The van der Waals surface area contributed by atoms with Gasteiger partial charge in [0.05, 0.1) is 68.2 Å². The molecule has 4 aliphatic carbocycles. The Morgan fingerprint density at radius 1 is 0.472 bits per heavy atom. The Balaban J connectivity index is 0.000000197. The van der Waals surface area contributed by atoms with Crippen LogP contribution in [0.3, 0.4) is 0 Å². The molecule has 0 spiro atoms. The molecule has 0 radical (unpaired) electrons. The number of halogens is 1. The van der Waals surface area contributed by atoms with Gasteiger partial charge in [0.25, 0.3) is 0 Å². The van der Waals surface area contributed by atoms with E-state index < -0.39 is 46.8 Å². The zero-order valence-corrected chi connectivity index (χ0v) is 80.8. The second-order valence-corrected chi connectivity index (χ2v) is 45.6. The molecule has 3 aromatic heterocycles. The Morgan fingerprint density at radius 3 is 1.06 bits per heavy atom. The van der Waals surface area contributed by atoms with Crippen molar-refractivity contribution in [2.24, 2.45) is 5.73 Å². The van der Waals surface area contributed by atoms with E-state index in [0.29, 0.717) is 78.0 Å². The Morgan fingerprint density at radius 2 is 0.772 bits per heavy atom. The minimum atomic E-state index is -3.79. The van der Waals surface area contributed by atoms with Crippen molar-refractivity contribution in [3.8, 4) is 31.3 Å². The highest BCUT2D eigenvalue weighted by Crippen LogP contribution is 2.45. The van der Waals surface area contributed by atoms with Gasteiger partial charge >= 0.3 is 30.5 Å². The lowest BCUT2D eigenvalue weighted by atomic mass is 9.78. The second-order valence-electron chi connectivity index (χ2n) is 36.2. The van der Waals surface area contributed by atoms with Crippen LogP contribution in [0.1, 0.15) is 254 Å². The van der Waals surface area contributed by atoms with Crippen LogP contribution < -0.4 is 46.5 Å². The first-order valence-electron chi connectivity index (χ1n) is 42.7. The number of carbonyl (C=O) groups excluding carboxylic acids is 5. The highest BCUT2D eigenvalue weighted by Gasteiger charge is 2.44. The summed E-state index contributed by atoms with van der Waals surface area (Å²) in [6.45, 7) is 36.4. The second kappa shape index (κ2) is 42.5. The number of nitrogens with one attached hydrogen (secondary N) is 8. The molecule has 30 nitrogen and oxygen atoms in total. The lowest BCUT2D eigenvalue weighted by Crippen LogP contribution is -2.67. The minimum Gasteiger partial charge on any atom is -0.447 e. The van der Waals surface area contributed by atoms with E-state index in [0.717, 1.165) is 125 Å². The quantitative estimate of drug-likeness (QED) is 0.0240. The van der Waals surface area contributed by atoms with E-state index >= 15 is 0 Å². The van der Waals surface area contributed by atoms with Gasteiger partial charge in [0.1, 0.15) is 11.2 Å². The molecule has 5 heterocycles. The molecule has 0 unspecified atom stereocenters. The monoisotopic (exact) mass is 1880 g/mol. The average Bonchev–Trinajstić information content (AvgIpc) is 1.63. The van der Waals surface area contributed by atoms with Gasteiger partial charge in [-0.3, -0.25) is 0 Å². The molecule has 37 heteroatoms. The average molecular weight is 1890 g/mol. The lowest BCUT2D eigenvalue weighted by Gasteiger charge is -2.48. The maximum atomic E-state index is 13.3. The maximum absolute atomic E-state index is 13.3. The van der Waals surface area contributed by atoms with Crippen molar-refractivity contribution in [1.82, 2.24) is 54.9 Å². The van der Waals surface area contributed by atoms with E-state index in [1.807, 2.05) is 133 Å². The molecule has 0 atom stereocenters. The molecule has 123 heavy (non-hydrogen) atoms. The van der Waals surface area contributed by atoms with Crippen LogP contribution in [-0.2, 0) is 53.8 Å². The highest BCUT2D eigenvalue weighted by molar-refractivity contribution is 9.10. The van der Waals surface area contributed by atoms with Crippen LogP contribution in [0.25, 0.3) is 31.3 Å². The first-order valence-corrected chi connectivity index (χ1v) is 50.4. The van der Waals surface area contributed by atoms with E-state index in [4.69, 9.17) is 39.4 Å². The van der Waals surface area contributed by atoms with Crippen LogP contribution in [0, 0.1) is 0 Å². The number of likely N-dealkylation sites (tertiary alicyclic amines) is 2. The number of aromatic nitrogens is 3. The third-order valence-electron chi connectivity index (χ3n) is 21.2. The fourth-order valence-corrected chi connectivity index (χ4v) is 23.4. The maximum Gasteiger partial charge on any atom is 0.410 e. The van der Waals surface area contributed by atoms with Crippen LogP contribution in [0.2, 0.25) is 0 Å². The van der Waals surface area contributed by atoms with Gasteiger partial charge in [-0.1, -0.05) is 54.9 Å². The summed E-state index contributed by atoms with van der Waals surface area (Å²) < 4.78 is 113. The number of benzene rings is 3. The number of alkyl carbamates (subject to hydrolysis) is 3. The minimum absolute atomic E-state index is 0.0254. The number of rotatable bonds is 25. The van der Waals surface area contributed by atoms with E-state index in [9.17, 15) is 49.2 Å². The zero-order chi connectivity index (χ0) is 90.4. The van der Waals surface area contributed by atoms with Crippen molar-refractivity contribution in [3.05, 3.63) is 92.7 Å². The number of thiazole rings is 3. The molecule has 2 saturated heterocycles. The molecule has 10 N–H and O–H groups in total. The summed E-state index contributed by atoms with van der Waals surface area (Å²) in [4.78, 5) is 79.9. The number of carbonyl (C=O) groups is 5. The van der Waals surface area contributed by atoms with Crippen molar-refractivity contribution in [1.29, 1.82) is 0 Å². The van der Waals surface area contributed by atoms with E-state index in [1.54, 1.807) is 78.7 Å². The number of nitrogens with two attached hydrogens (primary N) is 1. The fraction of sp³-hybridized carbons (Fsp3) is 0.628. The Bertz CT molecular complexity index is 4930. The molecular formula is C86H129BrN14O16S6. The predicted octanol–water partition coefficient (Wildman–Crippen LogP) is 17.3. The number of amides is 5. The first kappa shape index (κ1) is 99.4. The Kier molecular flexibility index (Phi) is 34.4. The van der Waals surface area contributed by atoms with Crippen LogP contribution in [0.5, 0.6) is 0 Å². The summed E-state index contributed by atoms with van der Waals surface area (Å²) in [6.07, 6.45) is 17.1. The van der Waals surface area contributed by atoms with Gasteiger partial charge in [0.2, 0.25) is 30.1 Å². The summed E-state index contributed by atoms with van der Waals surface area (Å²) in [5, 5.41) is 18.8. The van der Waals surface area contributed by atoms with Crippen molar-refractivity contribution in [2.75, 3.05) is 56.4 Å². The van der Waals surface area contributed by atoms with Gasteiger partial charge in [-0.25, -0.2) is 78.3 Å². The van der Waals surface area contributed by atoms with Crippen molar-refractivity contribution < 1.29 is 72.9 Å². The van der Waals surface area contributed by atoms with Crippen LogP contribution >= 0.6 is 49.9 Å². The third-order valence-corrected chi connectivity index (χ3v) is 30.0. The van der Waals surface area contributed by atoms with Gasteiger partial charge < -0.3 is 65.8 Å². The number of sulfonamides is 3. The standard InChI is InChI=1S/C30H45N5O6S2.C26H38N4O4S2.C21H28BrN3O4S2.C9H18N2O2/c1-8-32-43(38,39)25-15-22(34-30(7)17-35(18-30)28(37)41-29(4,5)6)13-14-23(25)24-16-31-26(42-24)20-9-11-21(12-10-20)33-27(36)40-19(2)3;1-5-28-36(32,33)23-15-20(30-26(4)13-6-14-26)11-12-21(23)22-16-27-24(35-22)18-7-9-19(10-8-18)29-25(31)34-17(2)3;1-4-24-31(27,28)19-11-15(22)7-10-17(19)18-12-23-20(30-18)14-5-8-16(9-6-14)25-21(26)29-13(2)3;1-8(2,3)13-7(12)11-5-9(4,10)6-11/h13-16,19-21,32,34H,8-12,17-18H2,1-7H3,(H,33,36);11-12,15-19,28,30H,5-10,13-14H2,1-4H3,(H,29,31);7,10-14,16,24H,4-6,8-9H2,1-3H3,(H,25,26);5-6,10H2,1-4H3. The molecule has 5 amide bonds. The first-order chi connectivity index (χ1) is 57.5. The van der Waals surface area contributed by atoms with Gasteiger partial charge in [-0.2, -0.15) is 0 Å². The van der Waals surface area contributed by atoms with Crippen LogP contribution in [0.4, 0.5) is 35.3 Å². The van der Waals surface area contributed by atoms with Gasteiger partial charge in [-0.05, 0) is 237 Å². The van der Waals surface area contributed by atoms with Gasteiger partial charge in [0.15, 0.2) is 0 Å². The summed E-state index contributed by atoms with van der Waals surface area (Å²) in [5.41, 5.74) is 7.55. The molecule has 6 fully saturated rings. The normalized spacial score (nSPS) is 20.5. The number of hydrogen-bond acceptors (Lipinski definition) is 25. The molecular weight excluding hydrogens is 1760 g/mol. The number of hydrogen-bond donors (Lipinski definition) is 9. The van der Waals surface area contributed by atoms with E-state index in [1.165, 1.54) is 29.1 Å². The van der Waals surface area contributed by atoms with Crippen LogP contribution in [0.15, 0.2) is 92.3 Å². The SMILES string of the molecule is CC1(N)CN(C(=O)OC(C)(C)C)C1.CCNS(=O)(=O)c1cc(Br)ccc1-c1cnc(C2CCC(NC(=O)OC(C)C)CC2)s1.CCNS(=O)(=O)c1cc(NC2(C)CCC2)ccc1-c1cnc(C2CCC(NC(=O)OC(C)C)CC2)s1.CCNS(=O)(=O)c1cc(NC2(C)CN(C(=O)OC(C)(C)C)C2)ccc1-c1cnc(C2CCC(NC(=O)OC(C)C)CC2)s1. The Hall–Kier alpha value is -7.33. The predicted molar refractivity (Wildman–Crippen MR) is 488 cm³/mol. The van der Waals surface area contributed by atoms with Crippen molar-refractivity contribution >= 4 is 122 Å². The highest BCUT2D eigenvalue weighted by atomic mass is 79.9. The topological polar surface area (TPSA) is 401 Å². The summed E-state index contributed by atoms with van der Waals surface area (Å²) >= 11 is 7.99. The Labute approximate surface area is 748 Å². The van der Waals surface area contributed by atoms with Gasteiger partial charge in [-0.15, -0.1) is 34.0 Å². The van der Waals surface area contributed by atoms with Crippen molar-refractivity contribution in [2.45, 2.75) is 318 Å². The zero-order valence-electron chi connectivity index (χ0n) is 74.4. The van der Waals surface area contributed by atoms with E-state index in [2.05, 4.69) is 68.6 Å². The third kappa shape index (κ3) is 29.4. The summed E-state index contributed by atoms with van der Waals surface area (Å²) in [7, 11) is -11.1. The molecule has 6 aromatic rings. The smallest absolute Gasteiger partial charge is 0.410 e.